The lowest BCUT2D eigenvalue weighted by Crippen LogP contribution is -2.26. The van der Waals surface area contributed by atoms with E-state index in [1.54, 1.807) is 18.3 Å². The fourth-order valence-electron chi connectivity index (χ4n) is 3.27. The maximum atomic E-state index is 14.4. The molecule has 2 aliphatic rings. The molecule has 7 heteroatoms. The van der Waals surface area contributed by atoms with Gasteiger partial charge in [0.25, 0.3) is 5.91 Å². The molecule has 6 nitrogen and oxygen atoms in total. The molecule has 1 unspecified atom stereocenters. The van der Waals surface area contributed by atoms with Crippen LogP contribution in [0, 0.1) is 5.82 Å². The molecule has 0 bridgehead atoms. The van der Waals surface area contributed by atoms with Crippen LogP contribution in [0.2, 0.25) is 0 Å². The number of fused-ring (bicyclic) bond motifs is 1. The molecule has 1 atom stereocenters. The number of hydrogen-bond donors (Lipinski definition) is 3. The first-order valence-electron chi connectivity index (χ1n) is 9.14. The molecule has 28 heavy (non-hydrogen) atoms. The smallest absolute Gasteiger partial charge is 0.257 e. The van der Waals surface area contributed by atoms with Gasteiger partial charge in [0.2, 0.25) is 0 Å². The van der Waals surface area contributed by atoms with Crippen molar-refractivity contribution < 1.29 is 18.7 Å². The van der Waals surface area contributed by atoms with Gasteiger partial charge in [0, 0.05) is 29.7 Å². The molecule has 3 N–H and O–H groups in total. The number of rotatable bonds is 5. The van der Waals surface area contributed by atoms with Gasteiger partial charge < -0.3 is 25.4 Å². The third kappa shape index (κ3) is 3.85. The highest BCUT2D eigenvalue weighted by atomic mass is 19.1. The number of halogens is 1. The summed E-state index contributed by atoms with van der Waals surface area (Å²) in [6.07, 6.45) is 1.47. The average molecular weight is 383 g/mol. The molecule has 2 aromatic rings. The normalized spacial score (nSPS) is 21.5. The third-order valence-corrected chi connectivity index (χ3v) is 4.65. The number of carbonyl (C=O) groups excluding carboxylic acids is 1. The van der Waals surface area contributed by atoms with E-state index in [-0.39, 0.29) is 12.0 Å². The standard InChI is InChI=1S/C21H22FN3O3/c1-21(2)27-12-14(28-21)10-24-19-8-7-13(9-17(19)22)23-11-16-15-5-3-4-6-18(15)25-20(16)26/h3-9,11,14,23-24H,10,12H2,1-2H3,(H,25,26). The second-order valence-corrected chi connectivity index (χ2v) is 7.23. The number of para-hydroxylation sites is 1. The fraction of sp³-hybridized carbons (Fsp3) is 0.286. The molecule has 2 aromatic carbocycles. The predicted molar refractivity (Wildman–Crippen MR) is 106 cm³/mol. The van der Waals surface area contributed by atoms with Crippen molar-refractivity contribution in [3.63, 3.8) is 0 Å². The van der Waals surface area contributed by atoms with Crippen molar-refractivity contribution in [2.45, 2.75) is 25.7 Å². The molecule has 1 saturated heterocycles. The lowest BCUT2D eigenvalue weighted by atomic mass is 10.1. The van der Waals surface area contributed by atoms with Crippen LogP contribution in [0.5, 0.6) is 0 Å². The van der Waals surface area contributed by atoms with Crippen LogP contribution in [0.15, 0.2) is 48.7 Å². The Hall–Kier alpha value is -2.90. The molecule has 0 aliphatic carbocycles. The Morgan fingerprint density at radius 2 is 2.11 bits per heavy atom. The number of ether oxygens (including phenoxy) is 2. The zero-order valence-electron chi connectivity index (χ0n) is 15.7. The highest BCUT2D eigenvalue weighted by Gasteiger charge is 2.32. The summed E-state index contributed by atoms with van der Waals surface area (Å²) in [5.74, 6) is -1.18. The molecular weight excluding hydrogens is 361 g/mol. The van der Waals surface area contributed by atoms with Crippen LogP contribution in [-0.4, -0.2) is 30.9 Å². The van der Waals surface area contributed by atoms with Gasteiger partial charge in [-0.3, -0.25) is 4.79 Å². The molecule has 4 rings (SSSR count). The quantitative estimate of drug-likeness (QED) is 0.685. The Balaban J connectivity index is 1.40. The van der Waals surface area contributed by atoms with Crippen LogP contribution in [0.1, 0.15) is 19.4 Å². The number of nitrogens with one attached hydrogen (secondary N) is 3. The predicted octanol–water partition coefficient (Wildman–Crippen LogP) is 3.79. The second kappa shape index (κ2) is 7.26. The molecular formula is C21H22FN3O3. The minimum Gasteiger partial charge on any atom is -0.380 e. The van der Waals surface area contributed by atoms with Gasteiger partial charge in [0.1, 0.15) is 11.9 Å². The van der Waals surface area contributed by atoms with Crippen molar-refractivity contribution in [2.24, 2.45) is 0 Å². The fourth-order valence-corrected chi connectivity index (χ4v) is 3.27. The maximum absolute atomic E-state index is 14.4. The van der Waals surface area contributed by atoms with E-state index in [2.05, 4.69) is 16.0 Å². The highest BCUT2D eigenvalue weighted by Crippen LogP contribution is 2.31. The number of anilines is 3. The SMILES string of the molecule is CC1(C)OCC(CNc2ccc(NC=C3C(=O)Nc4ccccc43)cc2F)O1. The van der Waals surface area contributed by atoms with E-state index in [0.29, 0.717) is 30.1 Å². The van der Waals surface area contributed by atoms with E-state index in [4.69, 9.17) is 9.47 Å². The van der Waals surface area contributed by atoms with E-state index in [9.17, 15) is 9.18 Å². The number of hydrogen-bond acceptors (Lipinski definition) is 5. The van der Waals surface area contributed by atoms with Gasteiger partial charge in [0.05, 0.1) is 17.9 Å². The largest absolute Gasteiger partial charge is 0.380 e. The molecule has 1 fully saturated rings. The lowest BCUT2D eigenvalue weighted by molar-refractivity contribution is -0.136. The van der Waals surface area contributed by atoms with Crippen molar-refractivity contribution in [1.82, 2.24) is 0 Å². The molecule has 0 saturated carbocycles. The Kier molecular flexibility index (Phi) is 4.78. The van der Waals surface area contributed by atoms with Crippen molar-refractivity contribution in [3.05, 3.63) is 60.0 Å². The zero-order chi connectivity index (χ0) is 19.7. The van der Waals surface area contributed by atoms with Crippen LogP contribution in [0.3, 0.4) is 0 Å². The molecule has 0 spiro atoms. The lowest BCUT2D eigenvalue weighted by Gasteiger charge is -2.17. The molecule has 1 amide bonds. The Morgan fingerprint density at radius 1 is 1.29 bits per heavy atom. The van der Waals surface area contributed by atoms with Crippen molar-refractivity contribution in [1.29, 1.82) is 0 Å². The first-order chi connectivity index (χ1) is 13.4. The van der Waals surface area contributed by atoms with Gasteiger partial charge in [-0.15, -0.1) is 0 Å². The van der Waals surface area contributed by atoms with Crippen molar-refractivity contribution >= 4 is 28.5 Å². The average Bonchev–Trinajstić information content (AvgIpc) is 3.17. The maximum Gasteiger partial charge on any atom is 0.257 e. The van der Waals surface area contributed by atoms with Crippen LogP contribution in [0.4, 0.5) is 21.5 Å². The minimum atomic E-state index is -0.600. The summed E-state index contributed by atoms with van der Waals surface area (Å²) >= 11 is 0. The van der Waals surface area contributed by atoms with Gasteiger partial charge >= 0.3 is 0 Å². The topological polar surface area (TPSA) is 71.6 Å². The first kappa shape index (κ1) is 18.5. The second-order valence-electron chi connectivity index (χ2n) is 7.23. The number of amides is 1. The van der Waals surface area contributed by atoms with Crippen LogP contribution in [-0.2, 0) is 14.3 Å². The summed E-state index contributed by atoms with van der Waals surface area (Å²) in [7, 11) is 0. The molecule has 0 radical (unpaired) electrons. The van der Waals surface area contributed by atoms with E-state index >= 15 is 0 Å². The van der Waals surface area contributed by atoms with E-state index in [0.717, 1.165) is 11.3 Å². The van der Waals surface area contributed by atoms with Gasteiger partial charge in [0.15, 0.2) is 5.79 Å². The molecule has 2 aliphatic heterocycles. The monoisotopic (exact) mass is 383 g/mol. The molecule has 146 valence electrons. The summed E-state index contributed by atoms with van der Waals surface area (Å²) in [5.41, 5.74) is 3.04. The van der Waals surface area contributed by atoms with E-state index < -0.39 is 11.6 Å². The van der Waals surface area contributed by atoms with Crippen LogP contribution < -0.4 is 16.0 Å². The van der Waals surface area contributed by atoms with Gasteiger partial charge in [-0.2, -0.15) is 0 Å². The summed E-state index contributed by atoms with van der Waals surface area (Å²) in [6, 6.07) is 12.2. The minimum absolute atomic E-state index is 0.127. The Morgan fingerprint density at radius 3 is 2.86 bits per heavy atom. The van der Waals surface area contributed by atoms with Gasteiger partial charge in [-0.05, 0) is 38.1 Å². The van der Waals surface area contributed by atoms with Crippen LogP contribution >= 0.6 is 0 Å². The zero-order valence-corrected chi connectivity index (χ0v) is 15.7. The summed E-state index contributed by atoms with van der Waals surface area (Å²) in [5, 5.41) is 8.85. The van der Waals surface area contributed by atoms with Crippen molar-refractivity contribution in [2.75, 3.05) is 29.1 Å². The van der Waals surface area contributed by atoms with E-state index in [1.807, 2.05) is 38.1 Å². The Labute approximate surface area is 162 Å². The molecule has 0 aromatic heterocycles. The summed E-state index contributed by atoms with van der Waals surface area (Å²) in [6.45, 7) is 4.63. The van der Waals surface area contributed by atoms with Crippen molar-refractivity contribution in [3.8, 4) is 0 Å². The molecule has 2 heterocycles. The van der Waals surface area contributed by atoms with E-state index in [1.165, 1.54) is 6.07 Å². The third-order valence-electron chi connectivity index (χ3n) is 4.65. The Bertz CT molecular complexity index is 942. The van der Waals surface area contributed by atoms with Crippen LogP contribution in [0.25, 0.3) is 5.57 Å². The number of carbonyl (C=O) groups is 1. The number of benzene rings is 2. The summed E-state index contributed by atoms with van der Waals surface area (Å²) in [4.78, 5) is 12.1. The van der Waals surface area contributed by atoms with Gasteiger partial charge in [-0.25, -0.2) is 4.39 Å². The first-order valence-corrected chi connectivity index (χ1v) is 9.14. The highest BCUT2D eigenvalue weighted by molar-refractivity contribution is 6.31. The summed E-state index contributed by atoms with van der Waals surface area (Å²) < 4.78 is 25.6. The van der Waals surface area contributed by atoms with Gasteiger partial charge in [-0.1, -0.05) is 18.2 Å².